The number of anilines is 4. The lowest BCUT2D eigenvalue weighted by Crippen LogP contribution is -2.33. The molecule has 0 atom stereocenters. The molecule has 6 amide bonds. The molecule has 2 N–H and O–H groups in total. The Hall–Kier alpha value is -9.11. The Balaban J connectivity index is 0.865. The number of imide groups is 2. The van der Waals surface area contributed by atoms with Gasteiger partial charge in [0.2, 0.25) is 0 Å². The van der Waals surface area contributed by atoms with Crippen LogP contribution in [0, 0.1) is 0 Å². The molecule has 0 saturated carbocycles. The molecule has 0 saturated heterocycles. The molecule has 7 aromatic rings. The van der Waals surface area contributed by atoms with Crippen LogP contribution in [-0.4, -0.2) is 40.4 Å². The Kier molecular flexibility index (Phi) is 10.1. The lowest BCUT2D eigenvalue weighted by atomic mass is 10.1. The van der Waals surface area contributed by atoms with Crippen molar-refractivity contribution in [2.75, 3.05) is 20.4 Å². The molecule has 15 nitrogen and oxygen atoms in total. The number of hydrogen-bond acceptors (Lipinski definition) is 11. The van der Waals surface area contributed by atoms with Crippen LogP contribution in [-0.2, 0) is 0 Å². The van der Waals surface area contributed by atoms with Crippen molar-refractivity contribution >= 4 is 81.2 Å². The topological polar surface area (TPSA) is 195 Å². The van der Waals surface area contributed by atoms with Crippen molar-refractivity contribution in [3.63, 3.8) is 0 Å². The first-order valence-corrected chi connectivity index (χ1v) is 19.0. The number of carbonyl (C=O) groups is 6. The number of hydrogen-bond donors (Lipinski definition) is 2. The summed E-state index contributed by atoms with van der Waals surface area (Å²) in [5, 5.41) is 22.3. The minimum atomic E-state index is -0.748. The number of rotatable bonds is 10. The van der Waals surface area contributed by atoms with Crippen molar-refractivity contribution in [3.05, 3.63) is 197 Å². The molecule has 0 unspecified atom stereocenters. The third kappa shape index (κ3) is 7.62. The predicted molar refractivity (Wildman–Crippen MR) is 229 cm³/mol. The summed E-state index contributed by atoms with van der Waals surface area (Å²) >= 11 is 0. The number of carbonyl (C=O) groups excluding carboxylic acids is 6. The molecule has 3 heterocycles. The largest absolute Gasteiger partial charge is 0.322 e. The van der Waals surface area contributed by atoms with E-state index < -0.39 is 35.4 Å². The molecule has 0 bridgehead atoms. The van der Waals surface area contributed by atoms with Gasteiger partial charge in [0.15, 0.2) is 0 Å². The SMILES string of the molecule is O=C(Nc1ccc(N=Nc2ccccc2)cc1)c1ccc2c(c1)C(=O)N(c1cccc(N3C(=O)c4ccc(C(=O)Nc5ccc(N=Nc6ccccc6)cc5)cc4C3=O)n1)C2=O. The second kappa shape index (κ2) is 16.3. The minimum Gasteiger partial charge on any atom is -0.322 e. The monoisotopic (exact) mass is 815 g/mol. The van der Waals surface area contributed by atoms with E-state index in [0.717, 1.165) is 9.80 Å². The van der Waals surface area contributed by atoms with Gasteiger partial charge in [0.25, 0.3) is 35.4 Å². The number of nitrogens with one attached hydrogen (secondary N) is 2. The highest BCUT2D eigenvalue weighted by Gasteiger charge is 2.41. The van der Waals surface area contributed by atoms with Crippen LogP contribution in [0.15, 0.2) is 184 Å². The fourth-order valence-corrected chi connectivity index (χ4v) is 6.69. The summed E-state index contributed by atoms with van der Waals surface area (Å²) < 4.78 is 0. The summed E-state index contributed by atoms with van der Waals surface area (Å²) in [5.41, 5.74) is 3.77. The Morgan fingerprint density at radius 3 is 1.13 bits per heavy atom. The molecule has 6 aromatic carbocycles. The van der Waals surface area contributed by atoms with E-state index in [-0.39, 0.29) is 45.0 Å². The van der Waals surface area contributed by atoms with E-state index in [2.05, 4.69) is 36.1 Å². The van der Waals surface area contributed by atoms with Crippen LogP contribution < -0.4 is 20.4 Å². The Labute approximate surface area is 352 Å². The van der Waals surface area contributed by atoms with Gasteiger partial charge in [0.05, 0.1) is 45.0 Å². The van der Waals surface area contributed by atoms with Crippen molar-refractivity contribution in [1.29, 1.82) is 0 Å². The van der Waals surface area contributed by atoms with E-state index in [9.17, 15) is 28.8 Å². The lowest BCUT2D eigenvalue weighted by Gasteiger charge is -2.17. The number of azo groups is 2. The summed E-state index contributed by atoms with van der Waals surface area (Å²) in [6.45, 7) is 0. The Morgan fingerprint density at radius 2 is 0.742 bits per heavy atom. The van der Waals surface area contributed by atoms with Gasteiger partial charge in [-0.1, -0.05) is 42.5 Å². The molecule has 1 aromatic heterocycles. The maximum Gasteiger partial charge on any atom is 0.267 e. The number of benzene rings is 6. The fourth-order valence-electron chi connectivity index (χ4n) is 6.69. The van der Waals surface area contributed by atoms with E-state index in [1.807, 2.05) is 60.7 Å². The predicted octanol–water partition coefficient (Wildman–Crippen LogP) is 10.0. The van der Waals surface area contributed by atoms with Gasteiger partial charge in [0.1, 0.15) is 11.6 Å². The first-order valence-electron chi connectivity index (χ1n) is 19.0. The third-order valence-corrected chi connectivity index (χ3v) is 9.80. The molecule has 2 aliphatic rings. The van der Waals surface area contributed by atoms with Gasteiger partial charge in [-0.25, -0.2) is 14.8 Å². The van der Waals surface area contributed by atoms with Crippen molar-refractivity contribution in [3.8, 4) is 0 Å². The number of aromatic nitrogens is 1. The van der Waals surface area contributed by atoms with Crippen LogP contribution in [0.5, 0.6) is 0 Å². The zero-order chi connectivity index (χ0) is 42.7. The van der Waals surface area contributed by atoms with E-state index in [4.69, 9.17) is 0 Å². The van der Waals surface area contributed by atoms with E-state index >= 15 is 0 Å². The summed E-state index contributed by atoms with van der Waals surface area (Å²) in [5.74, 6) is -4.23. The second-order valence-electron chi connectivity index (χ2n) is 13.8. The fraction of sp³-hybridized carbons (Fsp3) is 0. The van der Waals surface area contributed by atoms with Gasteiger partial charge in [-0.15, -0.1) is 0 Å². The van der Waals surface area contributed by atoms with Crippen molar-refractivity contribution in [1.82, 2.24) is 4.98 Å². The summed E-state index contributed by atoms with van der Waals surface area (Å²) in [6, 6.07) is 44.4. The van der Waals surface area contributed by atoms with Gasteiger partial charge in [-0.05, 0) is 121 Å². The van der Waals surface area contributed by atoms with Gasteiger partial charge in [0, 0.05) is 22.5 Å². The van der Waals surface area contributed by atoms with Crippen LogP contribution in [0.25, 0.3) is 0 Å². The van der Waals surface area contributed by atoms with Crippen LogP contribution >= 0.6 is 0 Å². The summed E-state index contributed by atoms with van der Waals surface area (Å²) in [7, 11) is 0. The highest BCUT2D eigenvalue weighted by molar-refractivity contribution is 6.36. The molecular formula is C47H29N9O6. The van der Waals surface area contributed by atoms with Crippen LogP contribution in [0.2, 0.25) is 0 Å². The van der Waals surface area contributed by atoms with Gasteiger partial charge in [-0.2, -0.15) is 20.5 Å². The normalized spacial score (nSPS) is 13.2. The molecule has 0 spiro atoms. The molecule has 298 valence electrons. The zero-order valence-corrected chi connectivity index (χ0v) is 32.2. The first-order chi connectivity index (χ1) is 30.2. The standard InChI is InChI=1S/C47H29N9O6/c57-42(48-30-16-20-34(21-17-30)53-51-32-8-3-1-4-9-32)28-14-24-36-38(26-28)46(61)55(44(36)59)40-12-7-13-41(50-40)56-45(60)37-25-15-29(27-39(37)47(56)62)43(58)49-31-18-22-35(23-19-31)54-52-33-10-5-2-6-11-33/h1-27H,(H,48,57)(H,49,58). The second-order valence-corrected chi connectivity index (χ2v) is 13.8. The first kappa shape index (κ1) is 38.4. The van der Waals surface area contributed by atoms with Gasteiger partial charge >= 0.3 is 0 Å². The van der Waals surface area contributed by atoms with Crippen molar-refractivity contribution in [2.45, 2.75) is 0 Å². The average molecular weight is 816 g/mol. The third-order valence-electron chi connectivity index (χ3n) is 9.80. The quantitative estimate of drug-likeness (QED) is 0.101. The smallest absolute Gasteiger partial charge is 0.267 e. The molecular weight excluding hydrogens is 787 g/mol. The van der Waals surface area contributed by atoms with Gasteiger partial charge < -0.3 is 10.6 Å². The number of pyridine rings is 1. The van der Waals surface area contributed by atoms with E-state index in [1.165, 1.54) is 54.6 Å². The summed E-state index contributed by atoms with van der Waals surface area (Å²) in [4.78, 5) is 87.1. The molecule has 0 radical (unpaired) electrons. The minimum absolute atomic E-state index is 0.0254. The Bertz CT molecular complexity index is 2830. The van der Waals surface area contributed by atoms with Crippen molar-refractivity contribution < 1.29 is 28.8 Å². The van der Waals surface area contributed by atoms with Crippen LogP contribution in [0.1, 0.15) is 62.1 Å². The number of fused-ring (bicyclic) bond motifs is 2. The maximum atomic E-state index is 13.7. The summed E-state index contributed by atoms with van der Waals surface area (Å²) in [6.07, 6.45) is 0. The Morgan fingerprint density at radius 1 is 0.387 bits per heavy atom. The maximum absolute atomic E-state index is 13.7. The molecule has 2 aliphatic heterocycles. The van der Waals surface area contributed by atoms with E-state index in [1.54, 1.807) is 48.5 Å². The van der Waals surface area contributed by atoms with Crippen LogP contribution in [0.3, 0.4) is 0 Å². The zero-order valence-electron chi connectivity index (χ0n) is 32.2. The molecule has 62 heavy (non-hydrogen) atoms. The van der Waals surface area contributed by atoms with Gasteiger partial charge in [-0.3, -0.25) is 28.8 Å². The molecule has 0 aliphatic carbocycles. The lowest BCUT2D eigenvalue weighted by molar-refractivity contribution is 0.0912. The molecule has 9 rings (SSSR count). The average Bonchev–Trinajstić information content (AvgIpc) is 3.71. The highest BCUT2D eigenvalue weighted by Crippen LogP contribution is 2.33. The number of nitrogens with zero attached hydrogens (tertiary/aromatic N) is 7. The van der Waals surface area contributed by atoms with Crippen LogP contribution in [0.4, 0.5) is 45.8 Å². The van der Waals surface area contributed by atoms with Crippen molar-refractivity contribution in [2.24, 2.45) is 20.5 Å². The van der Waals surface area contributed by atoms with E-state index in [0.29, 0.717) is 34.1 Å². The molecule has 15 heteroatoms. The number of amides is 6. The highest BCUT2D eigenvalue weighted by atomic mass is 16.2. The molecule has 0 fully saturated rings.